The molecule has 0 aromatic carbocycles. The topological polar surface area (TPSA) is 3.24 Å². The second-order valence-corrected chi connectivity index (χ2v) is 5.21. The second-order valence-electron chi connectivity index (χ2n) is 4.89. The summed E-state index contributed by atoms with van der Waals surface area (Å²) in [6.45, 7) is 12.2. The molecule has 0 spiro atoms. The molecule has 0 amide bonds. The van der Waals surface area contributed by atoms with Crippen LogP contribution in [0.1, 0.15) is 39.5 Å². The lowest BCUT2D eigenvalue weighted by atomic mass is 9.74. The van der Waals surface area contributed by atoms with Crippen molar-refractivity contribution in [2.24, 2.45) is 5.41 Å². The van der Waals surface area contributed by atoms with Crippen LogP contribution in [0.15, 0.2) is 12.2 Å². The van der Waals surface area contributed by atoms with E-state index in [0.29, 0.717) is 5.41 Å². The standard InChI is InChI=1S/C13H25NS/c1-4-13(5-2)6-8-14(9-7-13)10-12(3)11-15/h15H,3-11H2,1-2H3. The van der Waals surface area contributed by atoms with E-state index in [0.717, 1.165) is 12.3 Å². The van der Waals surface area contributed by atoms with Gasteiger partial charge in [0, 0.05) is 12.3 Å². The number of hydrogen-bond donors (Lipinski definition) is 1. The fourth-order valence-electron chi connectivity index (χ4n) is 2.51. The van der Waals surface area contributed by atoms with E-state index >= 15 is 0 Å². The Morgan fingerprint density at radius 3 is 2.20 bits per heavy atom. The molecule has 0 saturated carbocycles. The summed E-state index contributed by atoms with van der Waals surface area (Å²) in [6.07, 6.45) is 5.40. The Morgan fingerprint density at radius 1 is 1.27 bits per heavy atom. The largest absolute Gasteiger partial charge is 0.299 e. The minimum Gasteiger partial charge on any atom is -0.299 e. The average Bonchev–Trinajstić information content (AvgIpc) is 2.30. The Morgan fingerprint density at radius 2 is 1.80 bits per heavy atom. The Labute approximate surface area is 100 Å². The first-order valence-corrected chi connectivity index (χ1v) is 6.79. The van der Waals surface area contributed by atoms with Gasteiger partial charge in [-0.2, -0.15) is 12.6 Å². The molecule has 0 aromatic rings. The molecule has 1 fully saturated rings. The predicted molar refractivity (Wildman–Crippen MR) is 71.7 cm³/mol. The fraction of sp³-hybridized carbons (Fsp3) is 0.846. The molecule has 1 heterocycles. The molecular formula is C13H25NS. The normalized spacial score (nSPS) is 21.5. The zero-order valence-electron chi connectivity index (χ0n) is 10.3. The summed E-state index contributed by atoms with van der Waals surface area (Å²) in [5, 5.41) is 0. The van der Waals surface area contributed by atoms with Gasteiger partial charge in [-0.3, -0.25) is 4.90 Å². The smallest absolute Gasteiger partial charge is 0.0198 e. The molecule has 0 atom stereocenters. The van der Waals surface area contributed by atoms with Crippen molar-refractivity contribution in [3.8, 4) is 0 Å². The minimum absolute atomic E-state index is 0.638. The van der Waals surface area contributed by atoms with E-state index in [4.69, 9.17) is 0 Å². The van der Waals surface area contributed by atoms with Crippen molar-refractivity contribution < 1.29 is 0 Å². The summed E-state index contributed by atoms with van der Waals surface area (Å²) in [6, 6.07) is 0. The summed E-state index contributed by atoms with van der Waals surface area (Å²) < 4.78 is 0. The maximum absolute atomic E-state index is 4.26. The number of nitrogens with zero attached hydrogens (tertiary/aromatic N) is 1. The number of piperidine rings is 1. The number of likely N-dealkylation sites (tertiary alicyclic amines) is 1. The maximum Gasteiger partial charge on any atom is 0.0198 e. The molecular weight excluding hydrogens is 202 g/mol. The van der Waals surface area contributed by atoms with E-state index in [1.54, 1.807) is 0 Å². The molecule has 2 heteroatoms. The number of rotatable bonds is 5. The SMILES string of the molecule is C=C(CS)CN1CCC(CC)(CC)CC1. The molecule has 15 heavy (non-hydrogen) atoms. The van der Waals surface area contributed by atoms with Crippen LogP contribution in [0.25, 0.3) is 0 Å². The Bertz CT molecular complexity index is 199. The van der Waals surface area contributed by atoms with Gasteiger partial charge >= 0.3 is 0 Å². The molecule has 0 aromatic heterocycles. The number of hydrogen-bond acceptors (Lipinski definition) is 2. The van der Waals surface area contributed by atoms with Crippen LogP contribution < -0.4 is 0 Å². The molecule has 1 rings (SSSR count). The summed E-state index contributed by atoms with van der Waals surface area (Å²) in [5.41, 5.74) is 1.89. The zero-order valence-corrected chi connectivity index (χ0v) is 11.2. The van der Waals surface area contributed by atoms with Crippen LogP contribution in [0.5, 0.6) is 0 Å². The van der Waals surface area contributed by atoms with Gasteiger partial charge in [-0.05, 0) is 31.3 Å². The van der Waals surface area contributed by atoms with Crippen molar-refractivity contribution in [2.45, 2.75) is 39.5 Å². The summed E-state index contributed by atoms with van der Waals surface area (Å²) in [5.74, 6) is 0.823. The van der Waals surface area contributed by atoms with E-state index < -0.39 is 0 Å². The van der Waals surface area contributed by atoms with Crippen LogP contribution in [0.3, 0.4) is 0 Å². The summed E-state index contributed by atoms with van der Waals surface area (Å²) >= 11 is 4.26. The lowest BCUT2D eigenvalue weighted by molar-refractivity contribution is 0.102. The van der Waals surface area contributed by atoms with Crippen LogP contribution in [0.4, 0.5) is 0 Å². The first-order valence-electron chi connectivity index (χ1n) is 6.15. The molecule has 1 aliphatic heterocycles. The lowest BCUT2D eigenvalue weighted by Gasteiger charge is -2.41. The monoisotopic (exact) mass is 227 g/mol. The third kappa shape index (κ3) is 3.53. The molecule has 1 saturated heterocycles. The van der Waals surface area contributed by atoms with Gasteiger partial charge in [-0.1, -0.05) is 38.8 Å². The lowest BCUT2D eigenvalue weighted by Crippen LogP contribution is -2.40. The van der Waals surface area contributed by atoms with Crippen molar-refractivity contribution in [1.82, 2.24) is 4.90 Å². The maximum atomic E-state index is 4.26. The molecule has 0 radical (unpaired) electrons. The highest BCUT2D eigenvalue weighted by Crippen LogP contribution is 2.37. The molecule has 88 valence electrons. The fourth-order valence-corrected chi connectivity index (χ4v) is 2.61. The van der Waals surface area contributed by atoms with Gasteiger partial charge in [0.05, 0.1) is 0 Å². The van der Waals surface area contributed by atoms with Crippen molar-refractivity contribution in [2.75, 3.05) is 25.4 Å². The van der Waals surface area contributed by atoms with Gasteiger partial charge < -0.3 is 0 Å². The van der Waals surface area contributed by atoms with Crippen molar-refractivity contribution in [3.63, 3.8) is 0 Å². The van der Waals surface area contributed by atoms with Gasteiger partial charge in [0.2, 0.25) is 0 Å². The zero-order chi connectivity index (χ0) is 11.3. The summed E-state index contributed by atoms with van der Waals surface area (Å²) in [4.78, 5) is 2.53. The first-order chi connectivity index (χ1) is 7.15. The molecule has 0 aliphatic carbocycles. The first kappa shape index (κ1) is 13.1. The Balaban J connectivity index is 2.38. The van der Waals surface area contributed by atoms with E-state index in [2.05, 4.69) is 38.0 Å². The third-order valence-electron chi connectivity index (χ3n) is 4.09. The van der Waals surface area contributed by atoms with Crippen LogP contribution in [-0.4, -0.2) is 30.3 Å². The van der Waals surface area contributed by atoms with E-state index in [1.807, 2.05) is 0 Å². The van der Waals surface area contributed by atoms with Crippen molar-refractivity contribution in [1.29, 1.82) is 0 Å². The molecule has 1 aliphatic rings. The molecule has 0 unspecified atom stereocenters. The average molecular weight is 227 g/mol. The number of thiol groups is 1. The Hall–Kier alpha value is 0.0500. The quantitative estimate of drug-likeness (QED) is 0.557. The van der Waals surface area contributed by atoms with Crippen molar-refractivity contribution in [3.05, 3.63) is 12.2 Å². The van der Waals surface area contributed by atoms with Crippen LogP contribution in [0, 0.1) is 5.41 Å². The van der Waals surface area contributed by atoms with Gasteiger partial charge in [-0.15, -0.1) is 0 Å². The third-order valence-corrected chi connectivity index (χ3v) is 4.53. The van der Waals surface area contributed by atoms with E-state index in [9.17, 15) is 0 Å². The predicted octanol–water partition coefficient (Wildman–Crippen LogP) is 3.37. The van der Waals surface area contributed by atoms with Crippen LogP contribution in [-0.2, 0) is 0 Å². The van der Waals surface area contributed by atoms with E-state index in [-0.39, 0.29) is 0 Å². The highest BCUT2D eigenvalue weighted by atomic mass is 32.1. The van der Waals surface area contributed by atoms with Gasteiger partial charge in [0.15, 0.2) is 0 Å². The molecule has 0 N–H and O–H groups in total. The minimum atomic E-state index is 0.638. The van der Waals surface area contributed by atoms with E-state index in [1.165, 1.54) is 44.3 Å². The Kier molecular flexibility index (Phi) is 5.20. The van der Waals surface area contributed by atoms with Gasteiger partial charge in [0.25, 0.3) is 0 Å². The van der Waals surface area contributed by atoms with Crippen LogP contribution in [0.2, 0.25) is 0 Å². The second kappa shape index (κ2) is 5.95. The van der Waals surface area contributed by atoms with Gasteiger partial charge in [0.1, 0.15) is 0 Å². The van der Waals surface area contributed by atoms with Crippen molar-refractivity contribution >= 4 is 12.6 Å². The van der Waals surface area contributed by atoms with Crippen LogP contribution >= 0.6 is 12.6 Å². The molecule has 1 nitrogen and oxygen atoms in total. The highest BCUT2D eigenvalue weighted by molar-refractivity contribution is 7.80. The summed E-state index contributed by atoms with van der Waals surface area (Å²) in [7, 11) is 0. The van der Waals surface area contributed by atoms with Gasteiger partial charge in [-0.25, -0.2) is 0 Å². The highest BCUT2D eigenvalue weighted by Gasteiger charge is 2.30. The molecule has 0 bridgehead atoms.